The summed E-state index contributed by atoms with van der Waals surface area (Å²) in [5, 5.41) is 0. The molecule has 2 nitrogen and oxygen atoms in total. The van der Waals surface area contributed by atoms with E-state index in [1.807, 2.05) is 0 Å². The average molecular weight is 238 g/mol. The van der Waals surface area contributed by atoms with Gasteiger partial charge in [-0.2, -0.15) is 0 Å². The van der Waals surface area contributed by atoms with Crippen LogP contribution in [0.3, 0.4) is 0 Å². The predicted molar refractivity (Wildman–Crippen MR) is 73.9 cm³/mol. The molecule has 4 unspecified atom stereocenters. The Balaban J connectivity index is 2.05. The van der Waals surface area contributed by atoms with Crippen LogP contribution in [0, 0.1) is 17.8 Å². The van der Waals surface area contributed by atoms with Gasteiger partial charge in [-0.3, -0.25) is 4.90 Å². The second-order valence-electron chi connectivity index (χ2n) is 6.60. The van der Waals surface area contributed by atoms with Gasteiger partial charge in [0.1, 0.15) is 0 Å². The van der Waals surface area contributed by atoms with Gasteiger partial charge in [-0.15, -0.1) is 0 Å². The molecule has 0 aromatic carbocycles. The first-order valence-corrected chi connectivity index (χ1v) is 7.59. The van der Waals surface area contributed by atoms with Crippen molar-refractivity contribution in [2.45, 2.75) is 65.0 Å². The summed E-state index contributed by atoms with van der Waals surface area (Å²) in [5.41, 5.74) is 6.09. The average Bonchev–Trinajstić information content (AvgIpc) is 2.79. The quantitative estimate of drug-likeness (QED) is 0.819. The van der Waals surface area contributed by atoms with E-state index >= 15 is 0 Å². The monoisotopic (exact) mass is 238 g/mol. The molecule has 1 heterocycles. The molecule has 2 N–H and O–H groups in total. The number of hydrogen-bond donors (Lipinski definition) is 1. The van der Waals surface area contributed by atoms with Crippen molar-refractivity contribution in [1.82, 2.24) is 4.90 Å². The molecule has 0 aromatic heterocycles. The van der Waals surface area contributed by atoms with Crippen molar-refractivity contribution in [3.8, 4) is 0 Å². The van der Waals surface area contributed by atoms with Gasteiger partial charge in [0.15, 0.2) is 0 Å². The highest BCUT2D eigenvalue weighted by Gasteiger charge is 2.36. The fourth-order valence-electron chi connectivity index (χ4n) is 4.14. The van der Waals surface area contributed by atoms with Gasteiger partial charge in [0.25, 0.3) is 0 Å². The first-order valence-electron chi connectivity index (χ1n) is 7.59. The number of rotatable bonds is 3. The molecule has 0 radical (unpaired) electrons. The van der Waals surface area contributed by atoms with Gasteiger partial charge in [0.2, 0.25) is 0 Å². The van der Waals surface area contributed by atoms with E-state index in [2.05, 4.69) is 25.7 Å². The van der Waals surface area contributed by atoms with Crippen LogP contribution in [0.25, 0.3) is 0 Å². The van der Waals surface area contributed by atoms with E-state index in [0.717, 1.165) is 30.3 Å². The minimum Gasteiger partial charge on any atom is -0.329 e. The van der Waals surface area contributed by atoms with Crippen molar-refractivity contribution in [2.24, 2.45) is 23.5 Å². The predicted octanol–water partition coefficient (Wildman–Crippen LogP) is 2.87. The molecule has 2 aliphatic rings. The molecular formula is C15H30N2. The highest BCUT2D eigenvalue weighted by atomic mass is 15.2. The Morgan fingerprint density at radius 1 is 1.18 bits per heavy atom. The molecule has 2 fully saturated rings. The van der Waals surface area contributed by atoms with Crippen LogP contribution in [0.1, 0.15) is 52.9 Å². The van der Waals surface area contributed by atoms with Crippen LogP contribution in [-0.2, 0) is 0 Å². The van der Waals surface area contributed by atoms with Gasteiger partial charge < -0.3 is 5.73 Å². The number of hydrogen-bond acceptors (Lipinski definition) is 2. The number of nitrogens with zero attached hydrogens (tertiary/aromatic N) is 1. The fraction of sp³-hybridized carbons (Fsp3) is 1.00. The summed E-state index contributed by atoms with van der Waals surface area (Å²) in [6.45, 7) is 9.35. The van der Waals surface area contributed by atoms with Crippen molar-refractivity contribution < 1.29 is 0 Å². The second kappa shape index (κ2) is 5.71. The standard InChI is InChI=1S/C15H30N2/c1-11-8-12(2)13(3)17(10-11)15(9-16)14-6-4-5-7-14/h11-15H,4-10,16H2,1-3H3. The maximum Gasteiger partial charge on any atom is 0.0249 e. The lowest BCUT2D eigenvalue weighted by Gasteiger charge is -2.47. The van der Waals surface area contributed by atoms with E-state index in [1.54, 1.807) is 0 Å². The molecule has 0 bridgehead atoms. The fourth-order valence-corrected chi connectivity index (χ4v) is 4.14. The normalized spacial score (nSPS) is 38.5. The Hall–Kier alpha value is -0.0800. The number of nitrogens with two attached hydrogens (primary N) is 1. The van der Waals surface area contributed by atoms with E-state index in [4.69, 9.17) is 5.73 Å². The summed E-state index contributed by atoms with van der Waals surface area (Å²) in [5.74, 6) is 2.55. The summed E-state index contributed by atoms with van der Waals surface area (Å²) < 4.78 is 0. The lowest BCUT2D eigenvalue weighted by atomic mass is 9.83. The van der Waals surface area contributed by atoms with E-state index in [0.29, 0.717) is 6.04 Å². The second-order valence-corrected chi connectivity index (χ2v) is 6.60. The highest BCUT2D eigenvalue weighted by Crippen LogP contribution is 2.35. The largest absolute Gasteiger partial charge is 0.329 e. The van der Waals surface area contributed by atoms with Gasteiger partial charge in [-0.25, -0.2) is 0 Å². The summed E-state index contributed by atoms with van der Waals surface area (Å²) >= 11 is 0. The van der Waals surface area contributed by atoms with Crippen LogP contribution in [0.15, 0.2) is 0 Å². The third-order valence-electron chi connectivity index (χ3n) is 5.25. The zero-order valence-corrected chi connectivity index (χ0v) is 11.9. The van der Waals surface area contributed by atoms with Gasteiger partial charge in [-0.05, 0) is 43.9 Å². The molecule has 1 aliphatic carbocycles. The Morgan fingerprint density at radius 2 is 1.82 bits per heavy atom. The maximum atomic E-state index is 6.09. The molecule has 100 valence electrons. The van der Waals surface area contributed by atoms with Crippen molar-refractivity contribution in [1.29, 1.82) is 0 Å². The lowest BCUT2D eigenvalue weighted by molar-refractivity contribution is 0.0208. The highest BCUT2D eigenvalue weighted by molar-refractivity contribution is 4.91. The third-order valence-corrected chi connectivity index (χ3v) is 5.25. The number of piperidine rings is 1. The van der Waals surface area contributed by atoms with Crippen molar-refractivity contribution in [3.05, 3.63) is 0 Å². The third kappa shape index (κ3) is 2.85. The Kier molecular flexibility index (Phi) is 4.48. The van der Waals surface area contributed by atoms with Gasteiger partial charge in [0.05, 0.1) is 0 Å². The van der Waals surface area contributed by atoms with Crippen molar-refractivity contribution in [2.75, 3.05) is 13.1 Å². The summed E-state index contributed by atoms with van der Waals surface area (Å²) in [6.07, 6.45) is 7.06. The van der Waals surface area contributed by atoms with E-state index < -0.39 is 0 Å². The summed E-state index contributed by atoms with van der Waals surface area (Å²) in [6, 6.07) is 1.37. The zero-order valence-electron chi connectivity index (χ0n) is 11.9. The Labute approximate surface area is 107 Å². The molecule has 17 heavy (non-hydrogen) atoms. The molecule has 0 aromatic rings. The van der Waals surface area contributed by atoms with Crippen molar-refractivity contribution >= 4 is 0 Å². The number of likely N-dealkylation sites (tertiary alicyclic amines) is 1. The van der Waals surface area contributed by atoms with Crippen LogP contribution >= 0.6 is 0 Å². The molecule has 2 heteroatoms. The first-order chi connectivity index (χ1) is 8.13. The van der Waals surface area contributed by atoms with Crippen LogP contribution in [0.4, 0.5) is 0 Å². The molecule has 1 saturated carbocycles. The molecule has 2 rings (SSSR count). The van der Waals surface area contributed by atoms with Crippen molar-refractivity contribution in [3.63, 3.8) is 0 Å². The lowest BCUT2D eigenvalue weighted by Crippen LogP contribution is -2.55. The molecule has 0 spiro atoms. The molecule has 0 amide bonds. The minimum atomic E-state index is 0.651. The Morgan fingerprint density at radius 3 is 2.41 bits per heavy atom. The minimum absolute atomic E-state index is 0.651. The SMILES string of the molecule is CC1CC(C)C(C)N(C(CN)C2CCCC2)C1. The van der Waals surface area contributed by atoms with Crippen LogP contribution in [0.2, 0.25) is 0 Å². The molecule has 4 atom stereocenters. The summed E-state index contributed by atoms with van der Waals surface area (Å²) in [4.78, 5) is 2.74. The molecule has 1 aliphatic heterocycles. The van der Waals surface area contributed by atoms with Gasteiger partial charge >= 0.3 is 0 Å². The first kappa shape index (κ1) is 13.4. The van der Waals surface area contributed by atoms with Gasteiger partial charge in [-0.1, -0.05) is 26.7 Å². The van der Waals surface area contributed by atoms with E-state index in [1.165, 1.54) is 38.6 Å². The summed E-state index contributed by atoms with van der Waals surface area (Å²) in [7, 11) is 0. The van der Waals surface area contributed by atoms with Crippen LogP contribution in [-0.4, -0.2) is 30.1 Å². The molecular weight excluding hydrogens is 208 g/mol. The topological polar surface area (TPSA) is 29.3 Å². The smallest absolute Gasteiger partial charge is 0.0249 e. The zero-order chi connectivity index (χ0) is 12.4. The molecule has 1 saturated heterocycles. The van der Waals surface area contributed by atoms with Crippen LogP contribution < -0.4 is 5.73 Å². The maximum absolute atomic E-state index is 6.09. The van der Waals surface area contributed by atoms with Crippen LogP contribution in [0.5, 0.6) is 0 Å². The van der Waals surface area contributed by atoms with E-state index in [9.17, 15) is 0 Å². The van der Waals surface area contributed by atoms with E-state index in [-0.39, 0.29) is 0 Å². The Bertz CT molecular complexity index is 235. The van der Waals surface area contributed by atoms with Gasteiger partial charge in [0, 0.05) is 25.2 Å².